The first kappa shape index (κ1) is 23.4. The third kappa shape index (κ3) is 5.17. The van der Waals surface area contributed by atoms with E-state index in [4.69, 9.17) is 4.74 Å². The lowest BCUT2D eigenvalue weighted by Gasteiger charge is -2.32. The van der Waals surface area contributed by atoms with Gasteiger partial charge in [-0.25, -0.2) is 4.79 Å². The fourth-order valence-corrected chi connectivity index (χ4v) is 3.84. The summed E-state index contributed by atoms with van der Waals surface area (Å²) in [5, 5.41) is 0. The maximum Gasteiger partial charge on any atom is 0.355 e. The van der Waals surface area contributed by atoms with E-state index < -0.39 is 12.0 Å². The highest BCUT2D eigenvalue weighted by molar-refractivity contribution is 6.06. The SMILES string of the molecule is CCOC(=O)c1[nH]c(C)c(C(=O)C(C)N(C(=O)CCc2ccccc2)C(C)C)c1C. The van der Waals surface area contributed by atoms with Crippen LogP contribution in [-0.2, 0) is 16.0 Å². The molecule has 6 heteroatoms. The van der Waals surface area contributed by atoms with Gasteiger partial charge in [-0.15, -0.1) is 0 Å². The van der Waals surface area contributed by atoms with E-state index >= 15 is 0 Å². The van der Waals surface area contributed by atoms with Crippen LogP contribution in [0.1, 0.15) is 71.8 Å². The number of aromatic nitrogens is 1. The molecule has 0 aliphatic carbocycles. The van der Waals surface area contributed by atoms with Gasteiger partial charge in [-0.05, 0) is 59.1 Å². The number of rotatable bonds is 9. The van der Waals surface area contributed by atoms with E-state index in [-0.39, 0.29) is 30.0 Å². The number of hydrogen-bond acceptors (Lipinski definition) is 4. The molecule has 0 saturated carbocycles. The predicted molar refractivity (Wildman–Crippen MR) is 117 cm³/mol. The lowest BCUT2D eigenvalue weighted by Crippen LogP contribution is -2.47. The van der Waals surface area contributed by atoms with Crippen molar-refractivity contribution in [1.29, 1.82) is 0 Å². The van der Waals surface area contributed by atoms with Gasteiger partial charge in [0.2, 0.25) is 5.91 Å². The third-order valence-corrected chi connectivity index (χ3v) is 5.27. The molecule has 0 aliphatic heterocycles. The van der Waals surface area contributed by atoms with Crippen LogP contribution in [0.25, 0.3) is 0 Å². The summed E-state index contributed by atoms with van der Waals surface area (Å²) in [7, 11) is 0. The number of amides is 1. The monoisotopic (exact) mass is 412 g/mol. The van der Waals surface area contributed by atoms with E-state index in [1.54, 1.807) is 32.6 Å². The Bertz CT molecular complexity index is 899. The number of ether oxygens (including phenoxy) is 1. The highest BCUT2D eigenvalue weighted by Crippen LogP contribution is 2.23. The Kier molecular flexibility index (Phi) is 7.98. The summed E-state index contributed by atoms with van der Waals surface area (Å²) in [6, 6.07) is 9.05. The highest BCUT2D eigenvalue weighted by Gasteiger charge is 2.32. The summed E-state index contributed by atoms with van der Waals surface area (Å²) >= 11 is 0. The van der Waals surface area contributed by atoms with E-state index in [0.717, 1.165) is 5.56 Å². The molecule has 1 N–H and O–H groups in total. The Morgan fingerprint density at radius 2 is 1.70 bits per heavy atom. The number of ketones is 1. The number of aromatic amines is 1. The zero-order valence-corrected chi connectivity index (χ0v) is 18.7. The highest BCUT2D eigenvalue weighted by atomic mass is 16.5. The number of carbonyl (C=O) groups excluding carboxylic acids is 3. The van der Waals surface area contributed by atoms with E-state index in [1.165, 1.54) is 0 Å². The van der Waals surface area contributed by atoms with Gasteiger partial charge in [0.15, 0.2) is 5.78 Å². The topological polar surface area (TPSA) is 79.5 Å². The molecule has 0 aliphatic rings. The van der Waals surface area contributed by atoms with Crippen molar-refractivity contribution in [3.8, 4) is 0 Å². The second kappa shape index (κ2) is 10.2. The van der Waals surface area contributed by atoms with E-state index in [2.05, 4.69) is 4.98 Å². The smallest absolute Gasteiger partial charge is 0.355 e. The third-order valence-electron chi connectivity index (χ3n) is 5.27. The Balaban J connectivity index is 2.22. The lowest BCUT2D eigenvalue weighted by atomic mass is 9.98. The van der Waals surface area contributed by atoms with Gasteiger partial charge in [-0.2, -0.15) is 0 Å². The first-order chi connectivity index (χ1) is 14.2. The molecule has 2 aromatic rings. The summed E-state index contributed by atoms with van der Waals surface area (Å²) in [5.74, 6) is -0.728. The molecule has 30 heavy (non-hydrogen) atoms. The molecule has 0 saturated heterocycles. The van der Waals surface area contributed by atoms with Crippen molar-refractivity contribution in [3.05, 3.63) is 58.4 Å². The Labute approximate surface area is 178 Å². The maximum atomic E-state index is 13.3. The molecule has 1 heterocycles. The van der Waals surface area contributed by atoms with Crippen molar-refractivity contribution < 1.29 is 19.1 Å². The number of nitrogens with zero attached hydrogens (tertiary/aromatic N) is 1. The van der Waals surface area contributed by atoms with Gasteiger partial charge in [0.25, 0.3) is 0 Å². The quantitative estimate of drug-likeness (QED) is 0.493. The number of esters is 1. The molecule has 0 spiro atoms. The molecule has 0 radical (unpaired) electrons. The molecule has 0 fully saturated rings. The summed E-state index contributed by atoms with van der Waals surface area (Å²) < 4.78 is 5.07. The van der Waals surface area contributed by atoms with Crippen LogP contribution in [0.3, 0.4) is 0 Å². The summed E-state index contributed by atoms with van der Waals surface area (Å²) in [4.78, 5) is 43.1. The molecule has 2 rings (SSSR count). The van der Waals surface area contributed by atoms with Gasteiger partial charge < -0.3 is 14.6 Å². The van der Waals surface area contributed by atoms with Gasteiger partial charge in [-0.3, -0.25) is 9.59 Å². The van der Waals surface area contributed by atoms with Crippen LogP contribution < -0.4 is 0 Å². The summed E-state index contributed by atoms with van der Waals surface area (Å²) in [6.07, 6.45) is 0.956. The second-order valence-corrected chi connectivity index (χ2v) is 7.77. The number of H-pyrrole nitrogens is 1. The van der Waals surface area contributed by atoms with Crippen LogP contribution in [0.15, 0.2) is 30.3 Å². The molecule has 1 amide bonds. The van der Waals surface area contributed by atoms with Gasteiger partial charge >= 0.3 is 5.97 Å². The van der Waals surface area contributed by atoms with Gasteiger partial charge in [0.1, 0.15) is 5.69 Å². The number of Topliss-reactive ketones (excluding diaryl/α,β-unsaturated/α-hetero) is 1. The molecule has 0 bridgehead atoms. The molecule has 1 aromatic heterocycles. The van der Waals surface area contributed by atoms with Crippen molar-refractivity contribution >= 4 is 17.7 Å². The minimum atomic E-state index is -0.642. The van der Waals surface area contributed by atoms with Crippen LogP contribution >= 0.6 is 0 Å². The fourth-order valence-electron chi connectivity index (χ4n) is 3.84. The zero-order valence-electron chi connectivity index (χ0n) is 18.7. The number of aryl methyl sites for hydroxylation is 2. The van der Waals surface area contributed by atoms with Crippen molar-refractivity contribution in [2.24, 2.45) is 0 Å². The Hall–Kier alpha value is -2.89. The van der Waals surface area contributed by atoms with E-state index in [1.807, 2.05) is 44.2 Å². The molecule has 162 valence electrons. The molecule has 6 nitrogen and oxygen atoms in total. The maximum absolute atomic E-state index is 13.3. The lowest BCUT2D eigenvalue weighted by molar-refractivity contribution is -0.134. The normalized spacial score (nSPS) is 12.0. The van der Waals surface area contributed by atoms with Crippen LogP contribution in [0.2, 0.25) is 0 Å². The fraction of sp³-hybridized carbons (Fsp3) is 0.458. The summed E-state index contributed by atoms with van der Waals surface area (Å²) in [6.45, 7) is 11.0. The zero-order chi connectivity index (χ0) is 22.4. The molecule has 1 unspecified atom stereocenters. The van der Waals surface area contributed by atoms with Crippen molar-refractivity contribution in [2.45, 2.75) is 66.5 Å². The molecule has 1 aromatic carbocycles. The van der Waals surface area contributed by atoms with Gasteiger partial charge in [-0.1, -0.05) is 30.3 Å². The first-order valence-corrected chi connectivity index (χ1v) is 10.4. The van der Waals surface area contributed by atoms with Crippen LogP contribution in [0.4, 0.5) is 0 Å². The largest absolute Gasteiger partial charge is 0.461 e. The molecular weight excluding hydrogens is 380 g/mol. The molecule has 1 atom stereocenters. The number of carbonyl (C=O) groups is 3. The van der Waals surface area contributed by atoms with Crippen LogP contribution in [0, 0.1) is 13.8 Å². The number of hydrogen-bond donors (Lipinski definition) is 1. The minimum Gasteiger partial charge on any atom is -0.461 e. The average molecular weight is 413 g/mol. The van der Waals surface area contributed by atoms with Crippen molar-refractivity contribution in [1.82, 2.24) is 9.88 Å². The average Bonchev–Trinajstić information content (AvgIpc) is 3.00. The summed E-state index contributed by atoms with van der Waals surface area (Å²) in [5.41, 5.74) is 2.99. The van der Waals surface area contributed by atoms with Gasteiger partial charge in [0, 0.05) is 23.7 Å². The predicted octanol–water partition coefficient (Wildman–Crippen LogP) is 4.25. The van der Waals surface area contributed by atoms with Gasteiger partial charge in [0.05, 0.1) is 12.6 Å². The van der Waals surface area contributed by atoms with E-state index in [9.17, 15) is 14.4 Å². The Morgan fingerprint density at radius 3 is 2.27 bits per heavy atom. The van der Waals surface area contributed by atoms with Crippen molar-refractivity contribution in [2.75, 3.05) is 6.61 Å². The number of benzene rings is 1. The minimum absolute atomic E-state index is 0.0637. The number of nitrogens with one attached hydrogen (secondary N) is 1. The van der Waals surface area contributed by atoms with E-state index in [0.29, 0.717) is 29.7 Å². The van der Waals surface area contributed by atoms with Crippen LogP contribution in [-0.4, -0.2) is 46.2 Å². The first-order valence-electron chi connectivity index (χ1n) is 10.4. The molecular formula is C24H32N2O4. The van der Waals surface area contributed by atoms with Crippen molar-refractivity contribution in [3.63, 3.8) is 0 Å². The standard InChI is InChI=1S/C24H32N2O4/c1-7-30-24(29)22-16(4)21(17(5)25-22)23(28)18(6)26(15(2)3)20(27)14-13-19-11-9-8-10-12-19/h8-12,15,18,25H,7,13-14H2,1-6H3. The second-order valence-electron chi connectivity index (χ2n) is 7.77. The van der Waals surface area contributed by atoms with Crippen LogP contribution in [0.5, 0.6) is 0 Å². The Morgan fingerprint density at radius 1 is 1.07 bits per heavy atom.